The van der Waals surface area contributed by atoms with Crippen LogP contribution in [0.3, 0.4) is 0 Å². The van der Waals surface area contributed by atoms with Gasteiger partial charge in [-0.25, -0.2) is 0 Å². The van der Waals surface area contributed by atoms with E-state index < -0.39 is 0 Å². The maximum atomic E-state index is 3.67. The van der Waals surface area contributed by atoms with Crippen LogP contribution in [0.25, 0.3) is 0 Å². The lowest BCUT2D eigenvalue weighted by atomic mass is 9.71. The van der Waals surface area contributed by atoms with Crippen molar-refractivity contribution in [2.45, 2.75) is 45.6 Å². The average Bonchev–Trinajstić information content (AvgIpc) is 2.16. The monoisotopic (exact) mass is 295 g/mol. The smallest absolute Gasteiger partial charge is 0.0239 e. The fourth-order valence-corrected chi connectivity index (χ4v) is 3.29. The molecule has 1 aliphatic heterocycles. The topological polar surface area (TPSA) is 12.0 Å². The number of nitrogens with one attached hydrogen (secondary N) is 1. The van der Waals surface area contributed by atoms with Gasteiger partial charge in [-0.05, 0) is 42.9 Å². The first-order valence-electron chi connectivity index (χ1n) is 6.39. The number of rotatable bonds is 3. The van der Waals surface area contributed by atoms with E-state index in [-0.39, 0.29) is 0 Å². The van der Waals surface area contributed by atoms with Crippen LogP contribution >= 0.6 is 15.9 Å². The van der Waals surface area contributed by atoms with Crippen molar-refractivity contribution in [1.82, 2.24) is 5.32 Å². The van der Waals surface area contributed by atoms with Crippen LogP contribution in [0.4, 0.5) is 0 Å². The number of halogens is 1. The minimum absolute atomic E-state index is 0.322. The maximum absolute atomic E-state index is 3.67. The van der Waals surface area contributed by atoms with E-state index >= 15 is 0 Å². The molecule has 1 fully saturated rings. The first kappa shape index (κ1) is 13.1. The molecule has 1 atom stereocenters. The molecule has 1 unspecified atom stereocenters. The van der Waals surface area contributed by atoms with Crippen molar-refractivity contribution in [1.29, 1.82) is 0 Å². The van der Waals surface area contributed by atoms with Gasteiger partial charge in [0.15, 0.2) is 0 Å². The van der Waals surface area contributed by atoms with Crippen molar-refractivity contribution >= 4 is 15.9 Å². The van der Waals surface area contributed by atoms with Crippen LogP contribution in [0.1, 0.15) is 39.2 Å². The molecule has 17 heavy (non-hydrogen) atoms. The Hall–Kier alpha value is -0.340. The summed E-state index contributed by atoms with van der Waals surface area (Å²) in [5, 5.41) is 3.67. The largest absolute Gasteiger partial charge is 0.311 e. The zero-order chi connectivity index (χ0) is 12.5. The Labute approximate surface area is 113 Å². The molecule has 1 aromatic carbocycles. The van der Waals surface area contributed by atoms with Crippen molar-refractivity contribution in [2.75, 3.05) is 6.54 Å². The summed E-state index contributed by atoms with van der Waals surface area (Å²) in [6, 6.07) is 8.58. The lowest BCUT2D eigenvalue weighted by Gasteiger charge is -2.47. The van der Waals surface area contributed by atoms with E-state index in [0.29, 0.717) is 11.0 Å². The Kier molecular flexibility index (Phi) is 3.65. The van der Waals surface area contributed by atoms with Crippen LogP contribution in [-0.2, 0) is 6.42 Å². The zero-order valence-electron chi connectivity index (χ0n) is 11.0. The van der Waals surface area contributed by atoms with Gasteiger partial charge in [0.05, 0.1) is 0 Å². The third kappa shape index (κ3) is 3.32. The lowest BCUT2D eigenvalue weighted by Crippen LogP contribution is -2.60. The van der Waals surface area contributed by atoms with Crippen LogP contribution in [-0.4, -0.2) is 12.1 Å². The molecule has 0 saturated carbocycles. The highest BCUT2D eigenvalue weighted by molar-refractivity contribution is 9.10. The summed E-state index contributed by atoms with van der Waals surface area (Å²) in [7, 11) is 0. The Morgan fingerprint density at radius 1 is 1.29 bits per heavy atom. The second-order valence-corrected chi connectivity index (χ2v) is 7.32. The first-order valence-corrected chi connectivity index (χ1v) is 7.18. The highest BCUT2D eigenvalue weighted by Crippen LogP contribution is 2.37. The summed E-state index contributed by atoms with van der Waals surface area (Å²) in [4.78, 5) is 0. The molecule has 1 heterocycles. The van der Waals surface area contributed by atoms with Crippen LogP contribution in [0.15, 0.2) is 28.7 Å². The molecule has 0 radical (unpaired) electrons. The first-order chi connectivity index (χ1) is 7.90. The summed E-state index contributed by atoms with van der Waals surface area (Å²) in [6.45, 7) is 8.15. The van der Waals surface area contributed by atoms with E-state index in [1.54, 1.807) is 0 Å². The molecule has 1 aromatic rings. The highest BCUT2D eigenvalue weighted by atomic mass is 79.9. The van der Waals surface area contributed by atoms with Gasteiger partial charge in [0.25, 0.3) is 0 Å². The quantitative estimate of drug-likeness (QED) is 0.883. The molecular weight excluding hydrogens is 274 g/mol. The van der Waals surface area contributed by atoms with E-state index in [1.807, 2.05) is 0 Å². The van der Waals surface area contributed by atoms with Crippen molar-refractivity contribution in [3.63, 3.8) is 0 Å². The predicted molar refractivity (Wildman–Crippen MR) is 77.3 cm³/mol. The maximum Gasteiger partial charge on any atom is 0.0239 e. The van der Waals surface area contributed by atoms with Gasteiger partial charge < -0.3 is 5.32 Å². The highest BCUT2D eigenvalue weighted by Gasteiger charge is 2.39. The number of benzene rings is 1. The third-order valence-corrected chi connectivity index (χ3v) is 4.23. The molecule has 0 spiro atoms. The van der Waals surface area contributed by atoms with Crippen LogP contribution < -0.4 is 5.32 Å². The Balaban J connectivity index is 2.13. The molecule has 1 aliphatic rings. The van der Waals surface area contributed by atoms with Gasteiger partial charge in [-0.15, -0.1) is 0 Å². The van der Waals surface area contributed by atoms with Crippen LogP contribution in [0.5, 0.6) is 0 Å². The second-order valence-electron chi connectivity index (χ2n) is 6.46. The zero-order valence-corrected chi connectivity index (χ0v) is 12.6. The molecular formula is C15H22BrN. The minimum atomic E-state index is 0.322. The molecule has 0 aliphatic carbocycles. The van der Waals surface area contributed by atoms with Gasteiger partial charge in [-0.2, -0.15) is 0 Å². The van der Waals surface area contributed by atoms with Crippen LogP contribution in [0.2, 0.25) is 0 Å². The van der Waals surface area contributed by atoms with Crippen molar-refractivity contribution in [3.05, 3.63) is 34.3 Å². The molecule has 1 N–H and O–H groups in total. The van der Waals surface area contributed by atoms with E-state index in [2.05, 4.69) is 66.3 Å². The van der Waals surface area contributed by atoms with E-state index in [0.717, 1.165) is 6.42 Å². The van der Waals surface area contributed by atoms with Gasteiger partial charge in [-0.1, -0.05) is 54.9 Å². The normalized spacial score (nSPS) is 24.5. The van der Waals surface area contributed by atoms with E-state index in [1.165, 1.54) is 29.4 Å². The van der Waals surface area contributed by atoms with Crippen molar-refractivity contribution < 1.29 is 0 Å². The summed E-state index contributed by atoms with van der Waals surface area (Å²) >= 11 is 3.65. The predicted octanol–water partition coefficient (Wildman–Crippen LogP) is 4.16. The fourth-order valence-electron chi connectivity index (χ4n) is 2.86. The molecule has 1 nitrogen and oxygen atoms in total. The van der Waals surface area contributed by atoms with Crippen molar-refractivity contribution in [3.8, 4) is 0 Å². The molecule has 2 heteroatoms. The molecule has 0 aromatic heterocycles. The average molecular weight is 296 g/mol. The summed E-state index contributed by atoms with van der Waals surface area (Å²) in [6.07, 6.45) is 3.67. The van der Waals surface area contributed by atoms with Gasteiger partial charge in [0.2, 0.25) is 0 Å². The summed E-state index contributed by atoms with van der Waals surface area (Å²) in [5.41, 5.74) is 2.13. The Bertz CT molecular complexity index is 388. The number of hydrogen-bond acceptors (Lipinski definition) is 1. The van der Waals surface area contributed by atoms with Crippen molar-refractivity contribution in [2.24, 2.45) is 5.41 Å². The van der Waals surface area contributed by atoms with E-state index in [9.17, 15) is 0 Å². The third-order valence-electron chi connectivity index (χ3n) is 3.46. The standard InChI is InChI=1S/C15H22BrN/c1-14(2,3)11-15(8-9-17-15)10-12-6-4-5-7-13(12)16/h4-7,17H,8-11H2,1-3H3. The molecule has 0 amide bonds. The summed E-state index contributed by atoms with van der Waals surface area (Å²) < 4.78 is 1.24. The fraction of sp³-hybridized carbons (Fsp3) is 0.600. The Morgan fingerprint density at radius 3 is 2.41 bits per heavy atom. The van der Waals surface area contributed by atoms with Crippen LogP contribution in [0, 0.1) is 5.41 Å². The summed E-state index contributed by atoms with van der Waals surface area (Å²) in [5.74, 6) is 0. The van der Waals surface area contributed by atoms with Gasteiger partial charge in [-0.3, -0.25) is 0 Å². The van der Waals surface area contributed by atoms with Gasteiger partial charge >= 0.3 is 0 Å². The number of hydrogen-bond donors (Lipinski definition) is 1. The van der Waals surface area contributed by atoms with Gasteiger partial charge in [0, 0.05) is 10.0 Å². The SMILES string of the molecule is CC(C)(C)CC1(Cc2ccccc2Br)CCN1. The molecule has 94 valence electrons. The lowest BCUT2D eigenvalue weighted by molar-refractivity contribution is 0.132. The molecule has 0 bridgehead atoms. The van der Waals surface area contributed by atoms with Gasteiger partial charge in [0.1, 0.15) is 0 Å². The second kappa shape index (κ2) is 4.74. The van der Waals surface area contributed by atoms with E-state index in [4.69, 9.17) is 0 Å². The molecule has 2 rings (SSSR count). The Morgan fingerprint density at radius 2 is 1.94 bits per heavy atom. The minimum Gasteiger partial charge on any atom is -0.311 e. The molecule has 1 saturated heterocycles.